The van der Waals surface area contributed by atoms with Gasteiger partial charge in [0.2, 0.25) is 10.0 Å². The summed E-state index contributed by atoms with van der Waals surface area (Å²) < 4.78 is 32.6. The molecule has 1 aliphatic rings. The molecule has 0 unspecified atom stereocenters. The van der Waals surface area contributed by atoms with E-state index in [1.807, 2.05) is 51.1 Å². The van der Waals surface area contributed by atoms with Crippen molar-refractivity contribution in [3.8, 4) is 0 Å². The predicted octanol–water partition coefficient (Wildman–Crippen LogP) is 3.30. The van der Waals surface area contributed by atoms with Gasteiger partial charge in [-0.05, 0) is 69.0 Å². The number of carbonyl (C=O) groups is 2. The van der Waals surface area contributed by atoms with Crippen LogP contribution in [0.4, 0.5) is 5.69 Å². The van der Waals surface area contributed by atoms with Crippen molar-refractivity contribution in [1.82, 2.24) is 4.31 Å². The van der Waals surface area contributed by atoms with Crippen LogP contribution in [0.2, 0.25) is 0 Å². The maximum atomic E-state index is 12.9. The summed E-state index contributed by atoms with van der Waals surface area (Å²) in [7, 11) is -3.60. The second-order valence-electron chi connectivity index (χ2n) is 8.01. The zero-order valence-electron chi connectivity index (χ0n) is 18.8. The average Bonchev–Trinajstić information content (AvgIpc) is 2.80. The van der Waals surface area contributed by atoms with Gasteiger partial charge >= 0.3 is 5.97 Å². The van der Waals surface area contributed by atoms with Gasteiger partial charge in [-0.15, -0.1) is 0 Å². The van der Waals surface area contributed by atoms with Crippen LogP contribution in [0.5, 0.6) is 0 Å². The van der Waals surface area contributed by atoms with Gasteiger partial charge in [0, 0.05) is 25.3 Å². The summed E-state index contributed by atoms with van der Waals surface area (Å²) >= 11 is 0. The maximum Gasteiger partial charge on any atom is 0.309 e. The number of amides is 1. The zero-order valence-corrected chi connectivity index (χ0v) is 19.6. The van der Waals surface area contributed by atoms with Crippen molar-refractivity contribution in [3.63, 3.8) is 0 Å². The molecule has 1 saturated heterocycles. The SMILES string of the molecule is CCN(C(=O)COC(=O)C1CCN(S(=O)(=O)c2ccc(C)c(C)c2)CC1)c1ccccc1. The van der Waals surface area contributed by atoms with Crippen molar-refractivity contribution < 1.29 is 22.7 Å². The first-order valence-corrected chi connectivity index (χ1v) is 12.3. The number of nitrogens with zero attached hydrogens (tertiary/aromatic N) is 2. The Kier molecular flexibility index (Phi) is 7.69. The molecule has 3 rings (SSSR count). The minimum Gasteiger partial charge on any atom is -0.455 e. The molecule has 0 saturated carbocycles. The number of sulfonamides is 1. The molecule has 2 aromatic carbocycles. The molecule has 7 nitrogen and oxygen atoms in total. The molecule has 0 radical (unpaired) electrons. The Bertz CT molecular complexity index is 1060. The standard InChI is InChI=1S/C24H30N2O5S/c1-4-26(21-8-6-5-7-9-21)23(27)17-31-24(28)20-12-14-25(15-13-20)32(29,30)22-11-10-18(2)19(3)16-22/h5-11,16,20H,4,12-15,17H2,1-3H3. The summed E-state index contributed by atoms with van der Waals surface area (Å²) in [4.78, 5) is 26.8. The lowest BCUT2D eigenvalue weighted by Crippen LogP contribution is -2.41. The number of rotatable bonds is 7. The van der Waals surface area contributed by atoms with Crippen molar-refractivity contribution in [2.75, 3.05) is 31.1 Å². The molecule has 0 spiro atoms. The second kappa shape index (κ2) is 10.3. The molecule has 0 aliphatic carbocycles. The zero-order chi connectivity index (χ0) is 23.3. The third kappa shape index (κ3) is 5.37. The molecule has 1 aliphatic heterocycles. The molecular formula is C24H30N2O5S. The van der Waals surface area contributed by atoms with Crippen LogP contribution in [0.1, 0.15) is 30.9 Å². The van der Waals surface area contributed by atoms with Crippen LogP contribution in [-0.4, -0.2) is 50.8 Å². The summed E-state index contributed by atoms with van der Waals surface area (Å²) in [5.41, 5.74) is 2.71. The lowest BCUT2D eigenvalue weighted by molar-refractivity contribution is -0.153. The van der Waals surface area contributed by atoms with Crippen LogP contribution in [0, 0.1) is 19.8 Å². The molecule has 1 fully saturated rings. The number of hydrogen-bond donors (Lipinski definition) is 0. The number of aryl methyl sites for hydroxylation is 2. The second-order valence-corrected chi connectivity index (χ2v) is 9.94. The minimum atomic E-state index is -3.60. The van der Waals surface area contributed by atoms with E-state index in [0.29, 0.717) is 19.4 Å². The summed E-state index contributed by atoms with van der Waals surface area (Å²) in [6.45, 7) is 6.31. The number of anilines is 1. The molecule has 0 bridgehead atoms. The molecule has 8 heteroatoms. The summed E-state index contributed by atoms with van der Waals surface area (Å²) in [6, 6.07) is 14.3. The van der Waals surface area contributed by atoms with Crippen LogP contribution in [-0.2, 0) is 24.3 Å². The van der Waals surface area contributed by atoms with Crippen LogP contribution in [0.3, 0.4) is 0 Å². The quantitative estimate of drug-likeness (QED) is 0.595. The van der Waals surface area contributed by atoms with E-state index in [1.54, 1.807) is 23.1 Å². The Morgan fingerprint density at radius 1 is 1.03 bits per heavy atom. The molecular weight excluding hydrogens is 428 g/mol. The molecule has 0 atom stereocenters. The van der Waals surface area contributed by atoms with Gasteiger partial charge in [-0.25, -0.2) is 8.42 Å². The van der Waals surface area contributed by atoms with Crippen molar-refractivity contribution >= 4 is 27.6 Å². The van der Waals surface area contributed by atoms with E-state index in [1.165, 1.54) is 4.31 Å². The largest absolute Gasteiger partial charge is 0.455 e. The molecule has 1 amide bonds. The van der Waals surface area contributed by atoms with Crippen LogP contribution in [0.15, 0.2) is 53.4 Å². The van der Waals surface area contributed by atoms with Gasteiger partial charge < -0.3 is 9.64 Å². The van der Waals surface area contributed by atoms with Crippen LogP contribution in [0.25, 0.3) is 0 Å². The first-order valence-electron chi connectivity index (χ1n) is 10.8. The third-order valence-corrected chi connectivity index (χ3v) is 7.82. The highest BCUT2D eigenvalue weighted by Gasteiger charge is 2.33. The summed E-state index contributed by atoms with van der Waals surface area (Å²) in [5, 5.41) is 0. The van der Waals surface area contributed by atoms with E-state index >= 15 is 0 Å². The van der Waals surface area contributed by atoms with E-state index < -0.39 is 21.9 Å². The van der Waals surface area contributed by atoms with Crippen LogP contribution < -0.4 is 4.90 Å². The molecule has 1 heterocycles. The van der Waals surface area contributed by atoms with Gasteiger partial charge in [0.15, 0.2) is 6.61 Å². The highest BCUT2D eigenvalue weighted by Crippen LogP contribution is 2.26. The van der Waals surface area contributed by atoms with Crippen molar-refractivity contribution in [3.05, 3.63) is 59.7 Å². The Morgan fingerprint density at radius 2 is 1.69 bits per heavy atom. The first kappa shape index (κ1) is 23.9. The number of piperidine rings is 1. The van der Waals surface area contributed by atoms with E-state index in [9.17, 15) is 18.0 Å². The molecule has 0 aromatic heterocycles. The lowest BCUT2D eigenvalue weighted by Gasteiger charge is -2.30. The highest BCUT2D eigenvalue weighted by atomic mass is 32.2. The van der Waals surface area contributed by atoms with E-state index in [4.69, 9.17) is 4.74 Å². The lowest BCUT2D eigenvalue weighted by atomic mass is 9.98. The molecule has 32 heavy (non-hydrogen) atoms. The number of para-hydroxylation sites is 1. The number of benzene rings is 2. The Balaban J connectivity index is 1.54. The van der Waals surface area contributed by atoms with Gasteiger partial charge in [-0.1, -0.05) is 24.3 Å². The molecule has 172 valence electrons. The highest BCUT2D eigenvalue weighted by molar-refractivity contribution is 7.89. The number of hydrogen-bond acceptors (Lipinski definition) is 5. The fraction of sp³-hybridized carbons (Fsp3) is 0.417. The van der Waals surface area contributed by atoms with Gasteiger partial charge in [0.05, 0.1) is 10.8 Å². The smallest absolute Gasteiger partial charge is 0.309 e. The van der Waals surface area contributed by atoms with Gasteiger partial charge in [-0.2, -0.15) is 4.31 Å². The summed E-state index contributed by atoms with van der Waals surface area (Å²) in [6.07, 6.45) is 0.737. The average molecular weight is 459 g/mol. The van der Waals surface area contributed by atoms with E-state index in [0.717, 1.165) is 16.8 Å². The summed E-state index contributed by atoms with van der Waals surface area (Å²) in [5.74, 6) is -1.16. The molecule has 0 N–H and O–H groups in total. The van der Waals surface area contributed by atoms with E-state index in [-0.39, 0.29) is 30.5 Å². The van der Waals surface area contributed by atoms with Crippen molar-refractivity contribution in [2.45, 2.75) is 38.5 Å². The Labute approximate surface area is 190 Å². The number of carbonyl (C=O) groups excluding carboxylic acids is 2. The van der Waals surface area contributed by atoms with E-state index in [2.05, 4.69) is 0 Å². The number of ether oxygens (including phenoxy) is 1. The topological polar surface area (TPSA) is 84.0 Å². The van der Waals surface area contributed by atoms with Gasteiger partial charge in [0.25, 0.3) is 5.91 Å². The van der Waals surface area contributed by atoms with Crippen LogP contribution >= 0.6 is 0 Å². The third-order valence-electron chi connectivity index (χ3n) is 5.93. The van der Waals surface area contributed by atoms with Crippen molar-refractivity contribution in [2.24, 2.45) is 5.92 Å². The minimum absolute atomic E-state index is 0.244. The monoisotopic (exact) mass is 458 g/mol. The Morgan fingerprint density at radius 3 is 2.28 bits per heavy atom. The normalized spacial score (nSPS) is 15.3. The number of esters is 1. The first-order chi connectivity index (χ1) is 15.2. The Hall–Kier alpha value is -2.71. The predicted molar refractivity (Wildman–Crippen MR) is 123 cm³/mol. The van der Waals surface area contributed by atoms with Gasteiger partial charge in [0.1, 0.15) is 0 Å². The molecule has 2 aromatic rings. The fourth-order valence-corrected chi connectivity index (χ4v) is 5.35. The number of likely N-dealkylation sites (N-methyl/N-ethyl adjacent to an activating group) is 1. The fourth-order valence-electron chi connectivity index (χ4n) is 3.79. The van der Waals surface area contributed by atoms with Gasteiger partial charge in [-0.3, -0.25) is 9.59 Å². The van der Waals surface area contributed by atoms with Crippen molar-refractivity contribution in [1.29, 1.82) is 0 Å². The maximum absolute atomic E-state index is 12.9.